The first-order chi connectivity index (χ1) is 15.5. The summed E-state index contributed by atoms with van der Waals surface area (Å²) in [5.41, 5.74) is 4.42. The van der Waals surface area contributed by atoms with E-state index in [4.69, 9.17) is 5.73 Å². The van der Waals surface area contributed by atoms with Crippen LogP contribution < -0.4 is 5.73 Å². The molecule has 2 N–H and O–H groups in total. The quantitative estimate of drug-likeness (QED) is 0.481. The van der Waals surface area contributed by atoms with Gasteiger partial charge < -0.3 is 10.6 Å². The molecule has 6 nitrogen and oxygen atoms in total. The van der Waals surface area contributed by atoms with E-state index in [9.17, 15) is 31.5 Å². The van der Waals surface area contributed by atoms with E-state index >= 15 is 0 Å². The third-order valence-electron chi connectivity index (χ3n) is 4.79. The molecule has 1 aromatic heterocycles. The maximum atomic E-state index is 14.4. The van der Waals surface area contributed by atoms with E-state index in [1.54, 1.807) is 0 Å². The molecule has 0 unspecified atom stereocenters. The molecule has 0 radical (unpaired) electrons. The van der Waals surface area contributed by atoms with Crippen molar-refractivity contribution in [2.45, 2.75) is 19.0 Å². The van der Waals surface area contributed by atoms with E-state index in [-0.39, 0.29) is 15.7 Å². The van der Waals surface area contributed by atoms with Crippen LogP contribution in [-0.4, -0.2) is 26.7 Å². The van der Waals surface area contributed by atoms with Gasteiger partial charge in [-0.25, -0.2) is 27.5 Å². The van der Waals surface area contributed by atoms with Crippen LogP contribution >= 0.6 is 15.9 Å². The summed E-state index contributed by atoms with van der Waals surface area (Å²) in [7, 11) is 0. The van der Waals surface area contributed by atoms with Crippen molar-refractivity contribution in [3.8, 4) is 0 Å². The Morgan fingerprint density at radius 1 is 0.939 bits per heavy atom. The van der Waals surface area contributed by atoms with Crippen molar-refractivity contribution >= 4 is 27.7 Å². The van der Waals surface area contributed by atoms with Gasteiger partial charge in [0, 0.05) is 0 Å². The smallest absolute Gasteiger partial charge is 0.278 e. The highest BCUT2D eigenvalue weighted by Gasteiger charge is 2.37. The number of aromatic nitrogens is 2. The number of halogens is 6. The van der Waals surface area contributed by atoms with Crippen LogP contribution in [0.25, 0.3) is 0 Å². The molecule has 172 valence electrons. The average molecular weight is 529 g/mol. The Balaban J connectivity index is 2.22. The summed E-state index contributed by atoms with van der Waals surface area (Å²) in [6.07, 6.45) is 0.982. The molecule has 0 saturated carbocycles. The summed E-state index contributed by atoms with van der Waals surface area (Å²) in [5, 5.41) is 0. The van der Waals surface area contributed by atoms with Crippen LogP contribution in [0.15, 0.2) is 47.2 Å². The van der Waals surface area contributed by atoms with Gasteiger partial charge in [0.15, 0.2) is 29.0 Å². The topological polar surface area (TPSA) is 89.2 Å². The first kappa shape index (κ1) is 24.2. The van der Waals surface area contributed by atoms with Crippen LogP contribution in [0.3, 0.4) is 0 Å². The van der Waals surface area contributed by atoms with E-state index in [0.717, 1.165) is 30.5 Å². The molecule has 33 heavy (non-hydrogen) atoms. The second-order valence-electron chi connectivity index (χ2n) is 6.87. The average Bonchev–Trinajstić information content (AvgIpc) is 2.76. The number of nitrogens with zero attached hydrogens (tertiary/aromatic N) is 3. The maximum Gasteiger partial charge on any atom is 0.278 e. The fourth-order valence-electron chi connectivity index (χ4n) is 3.21. The third-order valence-corrected chi connectivity index (χ3v) is 5.17. The Kier molecular flexibility index (Phi) is 7.06. The lowest BCUT2D eigenvalue weighted by Crippen LogP contribution is -2.44. The molecule has 0 spiro atoms. The van der Waals surface area contributed by atoms with Crippen molar-refractivity contribution in [1.29, 1.82) is 0 Å². The molecule has 3 aromatic rings. The summed E-state index contributed by atoms with van der Waals surface area (Å²) in [4.78, 5) is 33.6. The molecule has 2 aromatic carbocycles. The van der Waals surface area contributed by atoms with E-state index in [0.29, 0.717) is 17.0 Å². The molecule has 0 aliphatic heterocycles. The number of carbonyl (C=O) groups is 2. The number of carbonyl (C=O) groups excluding carboxylic acids is 2. The minimum absolute atomic E-state index is 0.000511. The van der Waals surface area contributed by atoms with Crippen molar-refractivity contribution < 1.29 is 31.5 Å². The van der Waals surface area contributed by atoms with Gasteiger partial charge in [0.2, 0.25) is 11.9 Å². The first-order valence-electron chi connectivity index (χ1n) is 9.21. The fourth-order valence-corrected chi connectivity index (χ4v) is 3.48. The highest BCUT2D eigenvalue weighted by Crippen LogP contribution is 2.33. The number of amides is 2. The molecule has 2 amide bonds. The van der Waals surface area contributed by atoms with E-state index in [1.807, 2.05) is 0 Å². The molecule has 12 heteroatoms. The summed E-state index contributed by atoms with van der Waals surface area (Å²) in [6, 6.07) is 2.06. The normalized spacial score (nSPS) is 12.8. The van der Waals surface area contributed by atoms with Gasteiger partial charge in [-0.1, -0.05) is 12.1 Å². The van der Waals surface area contributed by atoms with Crippen LogP contribution in [0.4, 0.5) is 22.0 Å². The molecule has 0 bridgehead atoms. The highest BCUT2D eigenvalue weighted by atomic mass is 79.9. The largest absolute Gasteiger partial charge is 0.368 e. The Labute approximate surface area is 192 Å². The van der Waals surface area contributed by atoms with Gasteiger partial charge in [0.05, 0.1) is 12.2 Å². The molecule has 0 aliphatic rings. The van der Waals surface area contributed by atoms with Crippen molar-refractivity contribution in [2.24, 2.45) is 5.73 Å². The Morgan fingerprint density at radius 3 is 2.03 bits per heavy atom. The summed E-state index contributed by atoms with van der Waals surface area (Å²) in [5.74, 6) is -8.67. The lowest BCUT2D eigenvalue weighted by molar-refractivity contribution is -0.123. The number of benzene rings is 2. The second kappa shape index (κ2) is 9.61. The lowest BCUT2D eigenvalue weighted by Gasteiger charge is -2.35. The molecule has 1 heterocycles. The SMILES string of the molecule is C[C@@H](c1ccc(F)c(F)c1)N(C(=O)c1nc(Br)cnc1F)[C@H](C(N)=O)c1ccc(F)c(F)c1. The zero-order chi connectivity index (χ0) is 24.4. The standard InChI is InChI=1S/C21H14BrF5N4O2/c1-9(10-2-4-12(23)14(25)6-10)31(21(33)17-19(27)29-8-16(22)30-17)18(20(28)32)11-3-5-13(24)15(26)7-11/h2-9,18H,1H3,(H2,28,32)/t9-,18-/m0/s1. The lowest BCUT2D eigenvalue weighted by atomic mass is 9.98. The molecule has 0 fully saturated rings. The van der Waals surface area contributed by atoms with E-state index in [1.165, 1.54) is 6.92 Å². The first-order valence-corrected chi connectivity index (χ1v) is 10.0. The van der Waals surface area contributed by atoms with Crippen LogP contribution in [-0.2, 0) is 4.79 Å². The predicted molar refractivity (Wildman–Crippen MR) is 109 cm³/mol. The number of hydrogen-bond acceptors (Lipinski definition) is 4. The van der Waals surface area contributed by atoms with Gasteiger partial charge in [0.1, 0.15) is 10.6 Å². The number of hydrogen-bond donors (Lipinski definition) is 1. The summed E-state index contributed by atoms with van der Waals surface area (Å²) < 4.78 is 69.1. The van der Waals surface area contributed by atoms with Crippen molar-refractivity contribution in [3.05, 3.63) is 93.2 Å². The highest BCUT2D eigenvalue weighted by molar-refractivity contribution is 9.10. The zero-order valence-electron chi connectivity index (χ0n) is 16.7. The molecule has 3 rings (SSSR count). The fraction of sp³-hybridized carbons (Fsp3) is 0.143. The number of rotatable bonds is 6. The summed E-state index contributed by atoms with van der Waals surface area (Å²) in [6.45, 7) is 1.32. The predicted octanol–water partition coefficient (Wildman–Crippen LogP) is 4.36. The van der Waals surface area contributed by atoms with Crippen LogP contribution in [0, 0.1) is 29.2 Å². The Bertz CT molecular complexity index is 1240. The third kappa shape index (κ3) is 5.00. The van der Waals surface area contributed by atoms with Gasteiger partial charge in [-0.05, 0) is 58.2 Å². The zero-order valence-corrected chi connectivity index (χ0v) is 18.3. The van der Waals surface area contributed by atoms with E-state index < -0.39 is 58.8 Å². The molecule has 2 atom stereocenters. The molecule has 0 saturated heterocycles. The van der Waals surface area contributed by atoms with Crippen LogP contribution in [0.5, 0.6) is 0 Å². The van der Waals surface area contributed by atoms with Crippen molar-refractivity contribution in [1.82, 2.24) is 14.9 Å². The van der Waals surface area contributed by atoms with Crippen molar-refractivity contribution in [2.75, 3.05) is 0 Å². The number of primary amides is 1. The van der Waals surface area contributed by atoms with Gasteiger partial charge in [0.25, 0.3) is 5.91 Å². The Morgan fingerprint density at radius 2 is 1.48 bits per heavy atom. The monoisotopic (exact) mass is 528 g/mol. The van der Waals surface area contributed by atoms with Gasteiger partial charge >= 0.3 is 0 Å². The minimum atomic E-state index is -1.77. The van der Waals surface area contributed by atoms with Gasteiger partial charge in [-0.15, -0.1) is 0 Å². The molecule has 0 aliphatic carbocycles. The number of nitrogens with two attached hydrogens (primary N) is 1. The summed E-state index contributed by atoms with van der Waals surface area (Å²) >= 11 is 2.96. The second-order valence-corrected chi connectivity index (χ2v) is 7.69. The molecular formula is C21H14BrF5N4O2. The molecular weight excluding hydrogens is 515 g/mol. The maximum absolute atomic E-state index is 14.4. The minimum Gasteiger partial charge on any atom is -0.368 e. The Hall–Kier alpha value is -3.41. The van der Waals surface area contributed by atoms with Crippen molar-refractivity contribution in [3.63, 3.8) is 0 Å². The van der Waals surface area contributed by atoms with Gasteiger partial charge in [-0.3, -0.25) is 9.59 Å². The van der Waals surface area contributed by atoms with Crippen LogP contribution in [0.1, 0.15) is 40.6 Å². The van der Waals surface area contributed by atoms with E-state index in [2.05, 4.69) is 25.9 Å². The van der Waals surface area contributed by atoms with Crippen LogP contribution in [0.2, 0.25) is 0 Å². The van der Waals surface area contributed by atoms with Gasteiger partial charge in [-0.2, -0.15) is 4.39 Å².